The first-order chi connectivity index (χ1) is 13.5. The molecule has 1 saturated carbocycles. The Hall–Kier alpha value is -2.74. The highest BCUT2D eigenvalue weighted by molar-refractivity contribution is 7.22. The van der Waals surface area contributed by atoms with E-state index >= 15 is 0 Å². The number of hydrogen-bond acceptors (Lipinski definition) is 6. The summed E-state index contributed by atoms with van der Waals surface area (Å²) >= 11 is 1.34. The Morgan fingerprint density at radius 1 is 1.25 bits per heavy atom. The van der Waals surface area contributed by atoms with E-state index in [1.54, 1.807) is 0 Å². The van der Waals surface area contributed by atoms with Crippen LogP contribution in [0.4, 0.5) is 5.13 Å². The van der Waals surface area contributed by atoms with Gasteiger partial charge in [0.1, 0.15) is 12.3 Å². The maximum atomic E-state index is 12.7. The lowest BCUT2D eigenvalue weighted by Crippen LogP contribution is -2.39. The van der Waals surface area contributed by atoms with E-state index < -0.39 is 5.91 Å². The molecule has 7 nitrogen and oxygen atoms in total. The molecule has 1 aromatic carbocycles. The summed E-state index contributed by atoms with van der Waals surface area (Å²) in [7, 11) is 0. The lowest BCUT2D eigenvalue weighted by molar-refractivity contribution is -0.143. The van der Waals surface area contributed by atoms with Gasteiger partial charge in [0.15, 0.2) is 5.13 Å². The summed E-state index contributed by atoms with van der Waals surface area (Å²) in [5, 5.41) is 3.16. The molecule has 144 valence electrons. The predicted octanol–water partition coefficient (Wildman–Crippen LogP) is 2.44. The van der Waals surface area contributed by atoms with E-state index in [-0.39, 0.29) is 42.0 Å². The van der Waals surface area contributed by atoms with Crippen LogP contribution in [-0.2, 0) is 14.4 Å². The smallest absolute Gasteiger partial charge is 0.246 e. The van der Waals surface area contributed by atoms with E-state index in [9.17, 15) is 14.4 Å². The van der Waals surface area contributed by atoms with Gasteiger partial charge in [0, 0.05) is 6.07 Å². The molecular weight excluding hydrogens is 378 g/mol. The van der Waals surface area contributed by atoms with Crippen LogP contribution in [0.15, 0.2) is 30.4 Å². The monoisotopic (exact) mass is 397 g/mol. The molecule has 1 saturated heterocycles. The number of likely N-dealkylation sites (tertiary alicyclic amines) is 1. The van der Waals surface area contributed by atoms with Crippen molar-refractivity contribution in [3.8, 4) is 5.75 Å². The van der Waals surface area contributed by atoms with Crippen LogP contribution in [0.2, 0.25) is 0 Å². The summed E-state index contributed by atoms with van der Waals surface area (Å²) in [4.78, 5) is 43.4. The Balaban J connectivity index is 1.28. The maximum absolute atomic E-state index is 12.7. The van der Waals surface area contributed by atoms with Crippen LogP contribution < -0.4 is 10.1 Å². The van der Waals surface area contributed by atoms with Crippen LogP contribution in [-0.4, -0.2) is 40.8 Å². The third-order valence-electron chi connectivity index (χ3n) is 5.78. The Labute approximate surface area is 165 Å². The standard InChI is InChI=1S/C20H19N3O4S/c1-2-27-12-5-6-14-13(8-12)21-20(28-14)22-15(24)9-23-18(25)16-10-3-4-11(7-10)17(16)19(23)26/h3-6,8,10-11,16-17H,2,7,9H2,1H3,(H,21,22,24)/t10-,11-,16-,17+/m0/s1. The molecular formula is C20H19N3O4S. The third-order valence-corrected chi connectivity index (χ3v) is 6.73. The van der Waals surface area contributed by atoms with Crippen molar-refractivity contribution < 1.29 is 19.1 Å². The Morgan fingerprint density at radius 2 is 1.96 bits per heavy atom. The van der Waals surface area contributed by atoms with Gasteiger partial charge in [0.2, 0.25) is 17.7 Å². The van der Waals surface area contributed by atoms with Gasteiger partial charge in [-0.05, 0) is 37.3 Å². The zero-order valence-electron chi connectivity index (χ0n) is 15.3. The minimum atomic E-state index is -0.411. The van der Waals surface area contributed by atoms with Crippen LogP contribution in [0.25, 0.3) is 10.2 Å². The fourth-order valence-corrected chi connectivity index (χ4v) is 5.50. The summed E-state index contributed by atoms with van der Waals surface area (Å²) in [5.74, 6) is -0.399. The Morgan fingerprint density at radius 3 is 2.64 bits per heavy atom. The zero-order chi connectivity index (χ0) is 19.4. The fraction of sp³-hybridized carbons (Fsp3) is 0.400. The number of nitrogens with one attached hydrogen (secondary N) is 1. The second-order valence-corrected chi connectivity index (χ2v) is 8.42. The average Bonchev–Trinajstić information content (AvgIpc) is 3.41. The second-order valence-electron chi connectivity index (χ2n) is 7.39. The molecule has 5 rings (SSSR count). The second kappa shape index (κ2) is 6.41. The van der Waals surface area contributed by atoms with Crippen LogP contribution in [0.3, 0.4) is 0 Å². The number of thiazole rings is 1. The zero-order valence-corrected chi connectivity index (χ0v) is 16.1. The molecule has 1 aliphatic heterocycles. The molecule has 28 heavy (non-hydrogen) atoms. The van der Waals surface area contributed by atoms with Gasteiger partial charge >= 0.3 is 0 Å². The molecule has 0 spiro atoms. The number of rotatable bonds is 5. The van der Waals surface area contributed by atoms with Crippen molar-refractivity contribution in [3.05, 3.63) is 30.4 Å². The minimum Gasteiger partial charge on any atom is -0.494 e. The average molecular weight is 397 g/mol. The topological polar surface area (TPSA) is 88.6 Å². The summed E-state index contributed by atoms with van der Waals surface area (Å²) in [6.45, 7) is 2.22. The van der Waals surface area contributed by atoms with E-state index in [0.29, 0.717) is 11.7 Å². The maximum Gasteiger partial charge on any atom is 0.246 e. The first-order valence-corrected chi connectivity index (χ1v) is 10.2. The van der Waals surface area contributed by atoms with E-state index in [2.05, 4.69) is 10.3 Å². The number of ether oxygens (including phenoxy) is 1. The van der Waals surface area contributed by atoms with Gasteiger partial charge in [0.25, 0.3) is 0 Å². The quantitative estimate of drug-likeness (QED) is 0.618. The number of carbonyl (C=O) groups is 3. The van der Waals surface area contributed by atoms with Crippen LogP contribution in [0.1, 0.15) is 13.3 Å². The number of carbonyl (C=O) groups excluding carboxylic acids is 3. The van der Waals surface area contributed by atoms with Crippen molar-refractivity contribution in [3.63, 3.8) is 0 Å². The van der Waals surface area contributed by atoms with Crippen molar-refractivity contribution in [2.24, 2.45) is 23.7 Å². The summed E-state index contributed by atoms with van der Waals surface area (Å²) in [5.41, 5.74) is 0.733. The number of anilines is 1. The first-order valence-electron chi connectivity index (χ1n) is 9.42. The van der Waals surface area contributed by atoms with Crippen molar-refractivity contribution in [1.82, 2.24) is 9.88 Å². The summed E-state index contributed by atoms with van der Waals surface area (Å²) in [6.07, 6.45) is 4.96. The molecule has 3 aliphatic rings. The molecule has 2 aromatic rings. The molecule has 2 fully saturated rings. The number of hydrogen-bond donors (Lipinski definition) is 1. The van der Waals surface area contributed by atoms with Crippen molar-refractivity contribution in [2.75, 3.05) is 18.5 Å². The first kappa shape index (κ1) is 17.4. The molecule has 2 heterocycles. The van der Waals surface area contributed by atoms with Crippen molar-refractivity contribution in [1.29, 1.82) is 0 Å². The lowest BCUT2D eigenvalue weighted by atomic mass is 9.85. The highest BCUT2D eigenvalue weighted by atomic mass is 32.1. The Bertz CT molecular complexity index is 1000. The highest BCUT2D eigenvalue weighted by Gasteiger charge is 2.59. The predicted molar refractivity (Wildman–Crippen MR) is 104 cm³/mol. The van der Waals surface area contributed by atoms with Crippen LogP contribution >= 0.6 is 11.3 Å². The van der Waals surface area contributed by atoms with Crippen molar-refractivity contribution in [2.45, 2.75) is 13.3 Å². The molecule has 2 aliphatic carbocycles. The molecule has 4 atom stereocenters. The number of allylic oxidation sites excluding steroid dienone is 2. The number of nitrogens with zero attached hydrogens (tertiary/aromatic N) is 2. The third kappa shape index (κ3) is 2.63. The number of fused-ring (bicyclic) bond motifs is 6. The number of amides is 3. The lowest BCUT2D eigenvalue weighted by Gasteiger charge is -2.16. The summed E-state index contributed by atoms with van der Waals surface area (Å²) in [6, 6.07) is 5.58. The minimum absolute atomic E-state index is 0.142. The Kier molecular flexibility index (Phi) is 3.97. The van der Waals surface area contributed by atoms with Gasteiger partial charge in [-0.15, -0.1) is 0 Å². The number of benzene rings is 1. The van der Waals surface area contributed by atoms with E-state index in [1.165, 1.54) is 11.3 Å². The molecule has 8 heteroatoms. The fourth-order valence-electron chi connectivity index (χ4n) is 4.64. The van der Waals surface area contributed by atoms with Crippen LogP contribution in [0, 0.1) is 23.7 Å². The molecule has 3 amide bonds. The van der Waals surface area contributed by atoms with Gasteiger partial charge < -0.3 is 10.1 Å². The van der Waals surface area contributed by atoms with E-state index in [1.807, 2.05) is 37.3 Å². The van der Waals surface area contributed by atoms with Crippen molar-refractivity contribution >= 4 is 44.4 Å². The molecule has 0 unspecified atom stereocenters. The van der Waals surface area contributed by atoms with E-state index in [4.69, 9.17) is 4.74 Å². The molecule has 0 radical (unpaired) electrons. The van der Waals surface area contributed by atoms with Crippen LogP contribution in [0.5, 0.6) is 5.75 Å². The molecule has 2 bridgehead atoms. The van der Waals surface area contributed by atoms with E-state index in [0.717, 1.165) is 27.3 Å². The summed E-state index contributed by atoms with van der Waals surface area (Å²) < 4.78 is 6.39. The SMILES string of the molecule is CCOc1ccc2sc(NC(=O)CN3C(=O)[C@@H]4[C@H](C3=O)[C@H]3C=C[C@H]4C3)nc2c1. The molecule has 1 N–H and O–H groups in total. The van der Waals surface area contributed by atoms with Gasteiger partial charge in [-0.1, -0.05) is 23.5 Å². The number of imide groups is 1. The largest absolute Gasteiger partial charge is 0.494 e. The molecule has 1 aromatic heterocycles. The highest BCUT2D eigenvalue weighted by Crippen LogP contribution is 2.52. The van der Waals surface area contributed by atoms with Gasteiger partial charge in [-0.25, -0.2) is 4.98 Å². The normalized spacial score (nSPS) is 27.7. The van der Waals surface area contributed by atoms with Gasteiger partial charge in [-0.3, -0.25) is 19.3 Å². The number of aromatic nitrogens is 1. The van der Waals surface area contributed by atoms with Gasteiger partial charge in [-0.2, -0.15) is 0 Å². The van der Waals surface area contributed by atoms with Gasteiger partial charge in [0.05, 0.1) is 28.7 Å².